The molecule has 1 aromatic carbocycles. The van der Waals surface area contributed by atoms with Crippen LogP contribution in [-0.2, 0) is 20.4 Å². The van der Waals surface area contributed by atoms with Crippen LogP contribution in [0.2, 0.25) is 0 Å². The van der Waals surface area contributed by atoms with E-state index in [0.717, 1.165) is 12.1 Å². The second kappa shape index (κ2) is 3.98. The summed E-state index contributed by atoms with van der Waals surface area (Å²) >= 11 is 0. The fourth-order valence-corrected chi connectivity index (χ4v) is 1.70. The van der Waals surface area contributed by atoms with Crippen molar-refractivity contribution in [3.8, 4) is 0 Å². The first-order chi connectivity index (χ1) is 8.19. The van der Waals surface area contributed by atoms with Crippen LogP contribution in [0.1, 0.15) is 31.1 Å². The zero-order chi connectivity index (χ0) is 13.6. The van der Waals surface area contributed by atoms with Gasteiger partial charge >= 0.3 is 12.1 Å². The lowest BCUT2D eigenvalue weighted by Gasteiger charge is -2.15. The molecule has 1 aromatic rings. The molecule has 0 N–H and O–H groups in total. The minimum Gasteiger partial charge on any atom is -0.431 e. The number of rotatable bonds is 1. The van der Waals surface area contributed by atoms with E-state index in [1.165, 1.54) is 12.1 Å². The first kappa shape index (κ1) is 12.9. The normalized spacial score (nSPS) is 22.9. The van der Waals surface area contributed by atoms with Gasteiger partial charge in [0.25, 0.3) is 0 Å². The molecule has 1 saturated heterocycles. The van der Waals surface area contributed by atoms with Gasteiger partial charge in [0.05, 0.1) is 5.56 Å². The molecule has 1 unspecified atom stereocenters. The van der Waals surface area contributed by atoms with Crippen LogP contribution in [0, 0.1) is 0 Å². The topological polar surface area (TPSA) is 35.5 Å². The molecule has 0 spiro atoms. The number of alkyl halides is 3. The highest BCUT2D eigenvalue weighted by Gasteiger charge is 2.42. The second-order valence-corrected chi connectivity index (χ2v) is 4.44. The van der Waals surface area contributed by atoms with E-state index in [2.05, 4.69) is 0 Å². The predicted molar refractivity (Wildman–Crippen MR) is 55.4 cm³/mol. The third kappa shape index (κ3) is 2.48. The van der Waals surface area contributed by atoms with E-state index in [9.17, 15) is 18.0 Å². The Kier molecular flexibility index (Phi) is 2.85. The van der Waals surface area contributed by atoms with Crippen molar-refractivity contribution in [1.82, 2.24) is 0 Å². The Morgan fingerprint density at radius 1 is 1.17 bits per heavy atom. The van der Waals surface area contributed by atoms with Crippen molar-refractivity contribution in [3.05, 3.63) is 35.4 Å². The van der Waals surface area contributed by atoms with Gasteiger partial charge in [-0.1, -0.05) is 12.1 Å². The molecular formula is C12H11F3O3. The number of hydrogen-bond acceptors (Lipinski definition) is 3. The molecular weight excluding hydrogens is 249 g/mol. The van der Waals surface area contributed by atoms with Crippen LogP contribution in [0.4, 0.5) is 13.2 Å². The Labute approximate surface area is 102 Å². The van der Waals surface area contributed by atoms with Crippen LogP contribution >= 0.6 is 0 Å². The summed E-state index contributed by atoms with van der Waals surface area (Å²) in [4.78, 5) is 11.5. The molecule has 1 aliphatic heterocycles. The summed E-state index contributed by atoms with van der Waals surface area (Å²) in [7, 11) is 0. The third-order valence-electron chi connectivity index (χ3n) is 2.50. The Morgan fingerprint density at radius 3 is 2.11 bits per heavy atom. The highest BCUT2D eigenvalue weighted by Crippen LogP contribution is 2.35. The van der Waals surface area contributed by atoms with Crippen LogP contribution in [0.3, 0.4) is 0 Å². The fraction of sp³-hybridized carbons (Fsp3) is 0.417. The van der Waals surface area contributed by atoms with Gasteiger partial charge < -0.3 is 9.47 Å². The van der Waals surface area contributed by atoms with Gasteiger partial charge in [-0.25, -0.2) is 4.79 Å². The van der Waals surface area contributed by atoms with Gasteiger partial charge in [0.15, 0.2) is 6.10 Å². The number of carbonyl (C=O) groups is 1. The zero-order valence-corrected chi connectivity index (χ0v) is 9.75. The minimum absolute atomic E-state index is 0.346. The van der Waals surface area contributed by atoms with E-state index in [4.69, 9.17) is 9.47 Å². The number of carbonyl (C=O) groups excluding carboxylic acids is 1. The summed E-state index contributed by atoms with van der Waals surface area (Å²) < 4.78 is 47.4. The van der Waals surface area contributed by atoms with Crippen molar-refractivity contribution in [3.63, 3.8) is 0 Å². The fourth-order valence-electron chi connectivity index (χ4n) is 1.70. The predicted octanol–water partition coefficient (Wildman–Crippen LogP) is 3.06. The molecule has 0 aromatic heterocycles. The molecule has 3 nitrogen and oxygen atoms in total. The standard InChI is InChI=1S/C12H11F3O3/c1-11(2)17-9(10(16)18-11)7-3-5-8(6-4-7)12(13,14)15/h3-6,9H,1-2H3. The average molecular weight is 260 g/mol. The third-order valence-corrected chi connectivity index (χ3v) is 2.50. The van der Waals surface area contributed by atoms with E-state index in [1.807, 2.05) is 0 Å². The number of ether oxygens (including phenoxy) is 2. The zero-order valence-electron chi connectivity index (χ0n) is 9.75. The lowest BCUT2D eigenvalue weighted by atomic mass is 10.1. The lowest BCUT2D eigenvalue weighted by Crippen LogP contribution is -2.20. The monoisotopic (exact) mass is 260 g/mol. The molecule has 6 heteroatoms. The van der Waals surface area contributed by atoms with Gasteiger partial charge in [0.2, 0.25) is 5.79 Å². The van der Waals surface area contributed by atoms with E-state index >= 15 is 0 Å². The minimum atomic E-state index is -4.39. The summed E-state index contributed by atoms with van der Waals surface area (Å²) in [5, 5.41) is 0. The van der Waals surface area contributed by atoms with Crippen molar-refractivity contribution in [2.75, 3.05) is 0 Å². The van der Waals surface area contributed by atoms with Gasteiger partial charge in [-0.05, 0) is 17.7 Å². The molecule has 98 valence electrons. The van der Waals surface area contributed by atoms with Crippen molar-refractivity contribution in [1.29, 1.82) is 0 Å². The first-order valence-corrected chi connectivity index (χ1v) is 5.27. The SMILES string of the molecule is CC1(C)OC(=O)C(c2ccc(C(F)(F)F)cc2)O1. The van der Waals surface area contributed by atoms with E-state index in [0.29, 0.717) is 5.56 Å². The number of benzene rings is 1. The molecule has 1 atom stereocenters. The van der Waals surface area contributed by atoms with Crippen LogP contribution < -0.4 is 0 Å². The number of cyclic esters (lactones) is 1. The molecule has 1 fully saturated rings. The second-order valence-electron chi connectivity index (χ2n) is 4.44. The largest absolute Gasteiger partial charge is 0.431 e. The summed E-state index contributed by atoms with van der Waals surface area (Å²) in [6.07, 6.45) is -5.36. The van der Waals surface area contributed by atoms with Crippen molar-refractivity contribution >= 4 is 5.97 Å². The van der Waals surface area contributed by atoms with Crippen LogP contribution in [0.5, 0.6) is 0 Å². The summed E-state index contributed by atoms with van der Waals surface area (Å²) in [6.45, 7) is 3.13. The highest BCUT2D eigenvalue weighted by molar-refractivity contribution is 5.78. The summed E-state index contributed by atoms with van der Waals surface area (Å²) in [6, 6.07) is 4.26. The number of halogens is 3. The van der Waals surface area contributed by atoms with Gasteiger partial charge in [-0.3, -0.25) is 0 Å². The van der Waals surface area contributed by atoms with Crippen LogP contribution in [0.25, 0.3) is 0 Å². The molecule has 0 radical (unpaired) electrons. The van der Waals surface area contributed by atoms with Gasteiger partial charge in [0, 0.05) is 13.8 Å². The first-order valence-electron chi connectivity index (χ1n) is 5.27. The van der Waals surface area contributed by atoms with Crippen LogP contribution in [0.15, 0.2) is 24.3 Å². The summed E-state index contributed by atoms with van der Waals surface area (Å²) in [5.41, 5.74) is -0.421. The molecule has 2 rings (SSSR count). The highest BCUT2D eigenvalue weighted by atomic mass is 19.4. The maximum Gasteiger partial charge on any atom is 0.416 e. The molecule has 0 aliphatic carbocycles. The Bertz CT molecular complexity index is 462. The van der Waals surface area contributed by atoms with Crippen molar-refractivity contribution in [2.24, 2.45) is 0 Å². The number of esters is 1. The lowest BCUT2D eigenvalue weighted by molar-refractivity contribution is -0.161. The molecule has 18 heavy (non-hydrogen) atoms. The number of hydrogen-bond donors (Lipinski definition) is 0. The Balaban J connectivity index is 2.23. The molecule has 0 bridgehead atoms. The van der Waals surface area contributed by atoms with Gasteiger partial charge in [-0.15, -0.1) is 0 Å². The van der Waals surface area contributed by atoms with Crippen molar-refractivity contribution in [2.45, 2.75) is 31.9 Å². The maximum atomic E-state index is 12.4. The smallest absolute Gasteiger partial charge is 0.416 e. The van der Waals surface area contributed by atoms with Gasteiger partial charge in [0.1, 0.15) is 0 Å². The Hall–Kier alpha value is -1.56. The molecule has 1 aliphatic rings. The van der Waals surface area contributed by atoms with Crippen molar-refractivity contribution < 1.29 is 27.4 Å². The molecule has 1 heterocycles. The maximum absolute atomic E-state index is 12.4. The summed E-state index contributed by atoms with van der Waals surface area (Å²) in [5.74, 6) is -1.65. The van der Waals surface area contributed by atoms with Crippen LogP contribution in [-0.4, -0.2) is 11.8 Å². The van der Waals surface area contributed by atoms with E-state index < -0.39 is 29.6 Å². The van der Waals surface area contributed by atoms with Gasteiger partial charge in [-0.2, -0.15) is 13.2 Å². The Morgan fingerprint density at radius 2 is 1.72 bits per heavy atom. The molecule has 0 saturated carbocycles. The average Bonchev–Trinajstić information content (AvgIpc) is 2.51. The molecule has 0 amide bonds. The van der Waals surface area contributed by atoms with E-state index in [1.54, 1.807) is 13.8 Å². The van der Waals surface area contributed by atoms with E-state index in [-0.39, 0.29) is 0 Å². The quantitative estimate of drug-likeness (QED) is 0.728.